The van der Waals surface area contributed by atoms with E-state index in [1.54, 1.807) is 45.0 Å². The summed E-state index contributed by atoms with van der Waals surface area (Å²) in [5.41, 5.74) is 1.27. The Labute approximate surface area is 149 Å². The van der Waals surface area contributed by atoms with E-state index in [1.807, 2.05) is 20.8 Å². The van der Waals surface area contributed by atoms with E-state index in [0.717, 1.165) is 5.56 Å². The Morgan fingerprint density at radius 2 is 1.56 bits per heavy atom. The van der Waals surface area contributed by atoms with Crippen LogP contribution in [0.25, 0.3) is 5.57 Å². The van der Waals surface area contributed by atoms with Gasteiger partial charge in [0.05, 0.1) is 13.2 Å². The van der Waals surface area contributed by atoms with Crippen LogP contribution in [0.4, 0.5) is 0 Å². The van der Waals surface area contributed by atoms with Gasteiger partial charge in [-0.1, -0.05) is 32.9 Å². The third kappa shape index (κ3) is 5.99. The highest BCUT2D eigenvalue weighted by Crippen LogP contribution is 2.49. The van der Waals surface area contributed by atoms with Gasteiger partial charge in [-0.05, 0) is 49.5 Å². The summed E-state index contributed by atoms with van der Waals surface area (Å²) in [7, 11) is -3.65. The predicted molar refractivity (Wildman–Crippen MR) is 97.6 cm³/mol. The van der Waals surface area contributed by atoms with Crippen LogP contribution in [0.5, 0.6) is 5.75 Å². The lowest BCUT2D eigenvalue weighted by molar-refractivity contribution is -0.133. The van der Waals surface area contributed by atoms with Gasteiger partial charge in [0.1, 0.15) is 5.75 Å². The average Bonchev–Trinajstić information content (AvgIpc) is 2.46. The van der Waals surface area contributed by atoms with Gasteiger partial charge >= 0.3 is 13.8 Å². The van der Waals surface area contributed by atoms with Gasteiger partial charge in [0.25, 0.3) is 0 Å². The van der Waals surface area contributed by atoms with Crippen molar-refractivity contribution in [1.82, 2.24) is 0 Å². The molecule has 0 aliphatic carbocycles. The molecule has 140 valence electrons. The molecule has 0 aromatic heterocycles. The van der Waals surface area contributed by atoms with E-state index in [9.17, 15) is 14.5 Å². The molecular weight excluding hydrogens is 343 g/mol. The van der Waals surface area contributed by atoms with Gasteiger partial charge in [0.15, 0.2) is 0 Å². The van der Waals surface area contributed by atoms with Crippen molar-refractivity contribution in [3.8, 4) is 5.75 Å². The second-order valence-corrected chi connectivity index (χ2v) is 8.05. The third-order valence-corrected chi connectivity index (χ3v) is 5.00. The minimum atomic E-state index is -3.65. The second-order valence-electron chi connectivity index (χ2n) is 6.45. The smallest absolute Gasteiger partial charge is 0.478 e. The molecule has 0 aliphatic rings. The molecule has 0 spiro atoms. The van der Waals surface area contributed by atoms with Crippen LogP contribution < -0.4 is 4.52 Å². The van der Waals surface area contributed by atoms with E-state index < -0.39 is 19.2 Å². The van der Waals surface area contributed by atoms with Crippen LogP contribution in [-0.2, 0) is 18.4 Å². The molecule has 1 aromatic rings. The molecule has 6 nitrogen and oxygen atoms in total. The Kier molecular flexibility index (Phi) is 7.42. The lowest BCUT2D eigenvalue weighted by Crippen LogP contribution is -2.19. The zero-order valence-electron chi connectivity index (χ0n) is 15.7. The number of carboxylic acids is 1. The van der Waals surface area contributed by atoms with Crippen molar-refractivity contribution in [2.75, 3.05) is 13.2 Å². The number of hydrogen-bond donors (Lipinski definition) is 1. The van der Waals surface area contributed by atoms with Gasteiger partial charge in [-0.25, -0.2) is 9.36 Å². The van der Waals surface area contributed by atoms with E-state index >= 15 is 0 Å². The number of phosphoric acid groups is 1. The fourth-order valence-corrected chi connectivity index (χ4v) is 3.68. The van der Waals surface area contributed by atoms with Crippen LogP contribution in [0.15, 0.2) is 29.8 Å². The van der Waals surface area contributed by atoms with Crippen molar-refractivity contribution in [2.24, 2.45) is 5.41 Å². The number of rotatable bonds is 8. The van der Waals surface area contributed by atoms with E-state index in [1.165, 1.54) is 0 Å². The SMILES string of the molecule is CCOP(=O)(OCC)Oc1ccc(C(C)=C(C(=O)O)C(C)(C)C)cc1. The maximum Gasteiger partial charge on any atom is 0.530 e. The molecule has 0 radical (unpaired) electrons. The molecule has 0 amide bonds. The Hall–Kier alpha value is -1.62. The van der Waals surface area contributed by atoms with E-state index in [-0.39, 0.29) is 13.2 Å². The summed E-state index contributed by atoms with van der Waals surface area (Å²) in [6.07, 6.45) is 0. The molecule has 0 saturated carbocycles. The number of phosphoric ester groups is 1. The van der Waals surface area contributed by atoms with Gasteiger partial charge in [0.2, 0.25) is 0 Å². The van der Waals surface area contributed by atoms with Crippen molar-refractivity contribution in [1.29, 1.82) is 0 Å². The summed E-state index contributed by atoms with van der Waals surface area (Å²) in [5.74, 6) is -0.614. The van der Waals surface area contributed by atoms with Crippen molar-refractivity contribution in [2.45, 2.75) is 41.5 Å². The van der Waals surface area contributed by atoms with E-state index in [2.05, 4.69) is 0 Å². The number of benzene rings is 1. The largest absolute Gasteiger partial charge is 0.530 e. The highest BCUT2D eigenvalue weighted by Gasteiger charge is 2.28. The first-order valence-electron chi connectivity index (χ1n) is 8.18. The average molecular weight is 370 g/mol. The molecular formula is C18H27O6P. The quantitative estimate of drug-likeness (QED) is 0.503. The Morgan fingerprint density at radius 3 is 1.92 bits per heavy atom. The molecule has 0 bridgehead atoms. The molecule has 0 fully saturated rings. The van der Waals surface area contributed by atoms with Crippen molar-refractivity contribution in [3.63, 3.8) is 0 Å². The second kappa shape index (κ2) is 8.65. The minimum Gasteiger partial charge on any atom is -0.478 e. The molecule has 0 atom stereocenters. The zero-order chi connectivity index (χ0) is 19.3. The van der Waals surface area contributed by atoms with Gasteiger partial charge in [-0.15, -0.1) is 0 Å². The fraction of sp³-hybridized carbons (Fsp3) is 0.500. The highest BCUT2D eigenvalue weighted by molar-refractivity contribution is 7.48. The van der Waals surface area contributed by atoms with Crippen LogP contribution in [0.3, 0.4) is 0 Å². The standard InChI is InChI=1S/C18H27O6P/c1-7-22-25(21,23-8-2)24-15-11-9-14(10-12-15)13(3)16(17(19)20)18(4,5)6/h9-12H,7-8H2,1-6H3,(H,19,20). The monoisotopic (exact) mass is 370 g/mol. The number of carboxylic acid groups (broad SMARTS) is 1. The first kappa shape index (κ1) is 21.4. The summed E-state index contributed by atoms with van der Waals surface area (Å²) < 4.78 is 27.9. The summed E-state index contributed by atoms with van der Waals surface area (Å²) in [6, 6.07) is 6.68. The maximum absolute atomic E-state index is 12.4. The predicted octanol–water partition coefficient (Wildman–Crippen LogP) is 5.15. The summed E-state index contributed by atoms with van der Waals surface area (Å²) in [4.78, 5) is 11.6. The molecule has 0 heterocycles. The highest BCUT2D eigenvalue weighted by atomic mass is 31.2. The number of hydrogen-bond acceptors (Lipinski definition) is 5. The molecule has 1 aromatic carbocycles. The Balaban J connectivity index is 3.14. The lowest BCUT2D eigenvalue weighted by atomic mass is 9.82. The third-order valence-electron chi connectivity index (χ3n) is 3.42. The molecule has 7 heteroatoms. The zero-order valence-corrected chi connectivity index (χ0v) is 16.6. The van der Waals surface area contributed by atoms with Crippen molar-refractivity contribution < 1.29 is 28.0 Å². The van der Waals surface area contributed by atoms with Crippen LogP contribution in [0.1, 0.15) is 47.1 Å². The number of carbonyl (C=O) groups is 1. The summed E-state index contributed by atoms with van der Waals surface area (Å²) >= 11 is 0. The molecule has 0 saturated heterocycles. The van der Waals surface area contributed by atoms with E-state index in [4.69, 9.17) is 13.6 Å². The van der Waals surface area contributed by atoms with Gasteiger partial charge < -0.3 is 9.63 Å². The minimum absolute atomic E-state index is 0.199. The molecule has 0 aliphatic heterocycles. The van der Waals surface area contributed by atoms with Crippen LogP contribution in [0, 0.1) is 5.41 Å². The molecule has 1 rings (SSSR count). The summed E-state index contributed by atoms with van der Waals surface area (Å²) in [6.45, 7) is 11.2. The first-order valence-corrected chi connectivity index (χ1v) is 9.64. The normalized spacial score (nSPS) is 13.4. The van der Waals surface area contributed by atoms with Crippen LogP contribution in [0.2, 0.25) is 0 Å². The van der Waals surface area contributed by atoms with Crippen molar-refractivity contribution >= 4 is 19.4 Å². The molecule has 1 N–H and O–H groups in total. The lowest BCUT2D eigenvalue weighted by Gasteiger charge is -2.22. The Morgan fingerprint density at radius 1 is 1.08 bits per heavy atom. The topological polar surface area (TPSA) is 82.1 Å². The maximum atomic E-state index is 12.4. The molecule has 25 heavy (non-hydrogen) atoms. The Bertz CT molecular complexity index is 660. The van der Waals surface area contributed by atoms with Crippen molar-refractivity contribution in [3.05, 3.63) is 35.4 Å². The fourth-order valence-electron chi connectivity index (χ4n) is 2.49. The number of allylic oxidation sites excluding steroid dienone is 1. The first-order chi connectivity index (χ1) is 11.5. The van der Waals surface area contributed by atoms with E-state index in [0.29, 0.717) is 16.9 Å². The number of aliphatic carboxylic acids is 1. The van der Waals surface area contributed by atoms with Crippen LogP contribution >= 0.6 is 7.82 Å². The summed E-state index contributed by atoms with van der Waals surface area (Å²) in [5, 5.41) is 9.51. The van der Waals surface area contributed by atoms with Gasteiger partial charge in [-0.2, -0.15) is 0 Å². The van der Waals surface area contributed by atoms with Gasteiger partial charge in [0, 0.05) is 5.57 Å². The molecule has 0 unspecified atom stereocenters. The van der Waals surface area contributed by atoms with Crippen LogP contribution in [-0.4, -0.2) is 24.3 Å². The van der Waals surface area contributed by atoms with Gasteiger partial charge in [-0.3, -0.25) is 9.05 Å².